The molecule has 184 valence electrons. The molecule has 5 aromatic rings. The van der Waals surface area contributed by atoms with Crippen molar-refractivity contribution in [3.8, 4) is 5.75 Å². The van der Waals surface area contributed by atoms with E-state index in [1.165, 1.54) is 15.9 Å². The lowest BCUT2D eigenvalue weighted by molar-refractivity contribution is -0.0000196. The van der Waals surface area contributed by atoms with Gasteiger partial charge in [-0.05, 0) is 54.6 Å². The van der Waals surface area contributed by atoms with E-state index in [2.05, 4.69) is 78.9 Å². The first-order chi connectivity index (χ1) is 17.7. The monoisotopic (exact) mass is 586 g/mol. The Hall–Kier alpha value is -3.23. The SMILES string of the molecule is O=C(Oc1ccccc1C[P+](c1ccccc1)(c1ccccc1)c1ccccc1)c1ccccc1Cl.[Br-]. The summed E-state index contributed by atoms with van der Waals surface area (Å²) < 4.78 is 5.96. The van der Waals surface area contributed by atoms with Gasteiger partial charge in [-0.3, -0.25) is 0 Å². The molecule has 0 saturated carbocycles. The van der Waals surface area contributed by atoms with Crippen LogP contribution >= 0.6 is 18.9 Å². The average Bonchev–Trinajstić information content (AvgIpc) is 2.94. The third-order valence-electron chi connectivity index (χ3n) is 6.27. The zero-order valence-electron chi connectivity index (χ0n) is 20.0. The molecule has 37 heavy (non-hydrogen) atoms. The van der Waals surface area contributed by atoms with Gasteiger partial charge in [-0.25, -0.2) is 4.79 Å². The van der Waals surface area contributed by atoms with Crippen molar-refractivity contribution in [2.24, 2.45) is 0 Å². The molecule has 0 aromatic heterocycles. The van der Waals surface area contributed by atoms with Crippen molar-refractivity contribution in [2.75, 3.05) is 0 Å². The second kappa shape index (κ2) is 12.3. The molecule has 0 bridgehead atoms. The molecule has 5 rings (SSSR count). The molecule has 2 nitrogen and oxygen atoms in total. The fraction of sp³-hybridized carbons (Fsp3) is 0.0312. The van der Waals surface area contributed by atoms with E-state index < -0.39 is 13.2 Å². The van der Waals surface area contributed by atoms with Crippen molar-refractivity contribution in [1.29, 1.82) is 0 Å². The first-order valence-electron chi connectivity index (χ1n) is 11.8. The summed E-state index contributed by atoms with van der Waals surface area (Å²) >= 11 is 6.28. The lowest BCUT2D eigenvalue weighted by atomic mass is 10.2. The Morgan fingerprint density at radius 1 is 0.595 bits per heavy atom. The fourth-order valence-corrected chi connectivity index (χ4v) is 9.01. The van der Waals surface area contributed by atoms with Crippen molar-refractivity contribution >= 4 is 40.7 Å². The molecule has 0 aliphatic rings. The third kappa shape index (κ3) is 5.70. The number of para-hydroxylation sites is 1. The third-order valence-corrected chi connectivity index (χ3v) is 11.0. The maximum atomic E-state index is 13.1. The van der Waals surface area contributed by atoms with E-state index in [0.29, 0.717) is 22.5 Å². The van der Waals surface area contributed by atoms with Crippen LogP contribution in [0.3, 0.4) is 0 Å². The molecule has 0 amide bonds. The van der Waals surface area contributed by atoms with Crippen LogP contribution in [0, 0.1) is 0 Å². The van der Waals surface area contributed by atoms with Gasteiger partial charge in [0.2, 0.25) is 0 Å². The summed E-state index contributed by atoms with van der Waals surface area (Å²) in [6.45, 7) is 0. The van der Waals surface area contributed by atoms with Gasteiger partial charge in [0.05, 0.1) is 10.6 Å². The highest BCUT2D eigenvalue weighted by molar-refractivity contribution is 7.95. The zero-order valence-corrected chi connectivity index (χ0v) is 23.2. The summed E-state index contributed by atoms with van der Waals surface area (Å²) in [6, 6.07) is 46.8. The smallest absolute Gasteiger partial charge is 0.345 e. The van der Waals surface area contributed by atoms with Gasteiger partial charge >= 0.3 is 5.97 Å². The van der Waals surface area contributed by atoms with Crippen LogP contribution in [0.25, 0.3) is 0 Å². The quantitative estimate of drug-likeness (QED) is 0.163. The first kappa shape index (κ1) is 26.8. The van der Waals surface area contributed by atoms with E-state index in [1.54, 1.807) is 24.3 Å². The molecule has 0 aliphatic heterocycles. The number of carbonyl (C=O) groups excluding carboxylic acids is 1. The number of hydrogen-bond acceptors (Lipinski definition) is 2. The second-order valence-electron chi connectivity index (χ2n) is 8.45. The van der Waals surface area contributed by atoms with E-state index >= 15 is 0 Å². The summed E-state index contributed by atoms with van der Waals surface area (Å²) in [6.07, 6.45) is 0.705. The lowest BCUT2D eigenvalue weighted by Gasteiger charge is -2.28. The number of rotatable bonds is 7. The molecule has 0 heterocycles. The predicted molar refractivity (Wildman–Crippen MR) is 152 cm³/mol. The number of hydrogen-bond donors (Lipinski definition) is 0. The molecule has 5 heteroatoms. The maximum absolute atomic E-state index is 13.1. The second-order valence-corrected chi connectivity index (χ2v) is 12.3. The van der Waals surface area contributed by atoms with Crippen molar-refractivity contribution in [1.82, 2.24) is 0 Å². The van der Waals surface area contributed by atoms with Gasteiger partial charge in [0.1, 0.15) is 35.1 Å². The summed E-state index contributed by atoms with van der Waals surface area (Å²) in [5, 5.41) is 4.19. The number of benzene rings is 5. The number of ether oxygens (including phenoxy) is 1. The van der Waals surface area contributed by atoms with Gasteiger partial charge < -0.3 is 21.7 Å². The van der Waals surface area contributed by atoms with Gasteiger partial charge in [-0.2, -0.15) is 0 Å². The Morgan fingerprint density at radius 2 is 1.03 bits per heavy atom. The molecule has 0 radical (unpaired) electrons. The summed E-state index contributed by atoms with van der Waals surface area (Å²) in [4.78, 5) is 13.1. The molecule has 0 aliphatic carbocycles. The lowest BCUT2D eigenvalue weighted by Crippen LogP contribution is -3.00. The molecule has 0 unspecified atom stereocenters. The number of esters is 1. The number of carbonyl (C=O) groups is 1. The summed E-state index contributed by atoms with van der Waals surface area (Å²) in [7, 11) is -2.14. The molecule has 0 fully saturated rings. The minimum Gasteiger partial charge on any atom is -1.00 e. The standard InChI is InChI=1S/C32H25ClO2P.BrH/c33-30-22-12-11-21-29(30)32(34)35-31-23-13-10-14-25(31)24-36(26-15-4-1-5-16-26,27-17-6-2-7-18-27)28-19-8-3-9-20-28;/h1-23H,24H2;1H/q+1;/p-1. The van der Waals surface area contributed by atoms with Gasteiger partial charge in [0, 0.05) is 5.56 Å². The van der Waals surface area contributed by atoms with Crippen LogP contribution in [-0.4, -0.2) is 5.97 Å². The van der Waals surface area contributed by atoms with Gasteiger partial charge in [0.25, 0.3) is 0 Å². The Bertz CT molecular complexity index is 1360. The van der Waals surface area contributed by atoms with Crippen molar-refractivity contribution in [2.45, 2.75) is 6.16 Å². The molecule has 0 saturated heterocycles. The van der Waals surface area contributed by atoms with E-state index in [-0.39, 0.29) is 17.0 Å². The highest BCUT2D eigenvalue weighted by Crippen LogP contribution is 2.59. The minimum absolute atomic E-state index is 0. The van der Waals surface area contributed by atoms with E-state index in [0.717, 1.165) is 5.56 Å². The van der Waals surface area contributed by atoms with E-state index in [9.17, 15) is 4.79 Å². The Morgan fingerprint density at radius 3 is 1.54 bits per heavy atom. The summed E-state index contributed by atoms with van der Waals surface area (Å²) in [5.41, 5.74) is 1.33. The molecular weight excluding hydrogens is 563 g/mol. The topological polar surface area (TPSA) is 26.3 Å². The van der Waals surface area contributed by atoms with E-state index in [4.69, 9.17) is 16.3 Å². The van der Waals surface area contributed by atoms with Gasteiger partial charge in [0.15, 0.2) is 0 Å². The zero-order chi connectivity index (χ0) is 24.8. The Labute approximate surface area is 234 Å². The average molecular weight is 588 g/mol. The first-order valence-corrected chi connectivity index (χ1v) is 14.1. The molecule has 5 aromatic carbocycles. The predicted octanol–water partition coefficient (Wildman–Crippen LogP) is 4.06. The van der Waals surface area contributed by atoms with Crippen LogP contribution in [0.15, 0.2) is 140 Å². The van der Waals surface area contributed by atoms with Crippen molar-refractivity contribution in [3.63, 3.8) is 0 Å². The molecule has 0 atom stereocenters. The molecular formula is C32H25BrClO2P. The van der Waals surface area contributed by atoms with Gasteiger partial charge in [-0.15, -0.1) is 0 Å². The van der Waals surface area contributed by atoms with Crippen LogP contribution in [0.4, 0.5) is 0 Å². The number of halogens is 2. The Kier molecular flexibility index (Phi) is 8.95. The van der Waals surface area contributed by atoms with Crippen molar-refractivity contribution in [3.05, 3.63) is 156 Å². The van der Waals surface area contributed by atoms with Crippen LogP contribution < -0.4 is 37.6 Å². The highest BCUT2D eigenvalue weighted by atomic mass is 79.9. The maximum Gasteiger partial charge on any atom is 0.345 e. The molecule has 0 N–H and O–H groups in total. The van der Waals surface area contributed by atoms with Crippen LogP contribution in [0.5, 0.6) is 5.75 Å². The van der Waals surface area contributed by atoms with Gasteiger partial charge in [-0.1, -0.05) is 96.5 Å². The Balaban J connectivity index is 0.00000320. The minimum atomic E-state index is -2.14. The normalized spacial score (nSPS) is 10.8. The largest absolute Gasteiger partial charge is 1.00 e. The molecule has 0 spiro atoms. The van der Waals surface area contributed by atoms with Crippen LogP contribution in [-0.2, 0) is 6.16 Å². The summed E-state index contributed by atoms with van der Waals surface area (Å²) in [5.74, 6) is 0.0886. The van der Waals surface area contributed by atoms with Crippen molar-refractivity contribution < 1.29 is 26.5 Å². The van der Waals surface area contributed by atoms with E-state index in [1.807, 2.05) is 36.4 Å². The highest BCUT2D eigenvalue weighted by Gasteiger charge is 2.46. The van der Waals surface area contributed by atoms with Crippen LogP contribution in [0.2, 0.25) is 5.02 Å². The van der Waals surface area contributed by atoms with Crippen LogP contribution in [0.1, 0.15) is 15.9 Å². The fourth-order valence-electron chi connectivity index (χ4n) is 4.54.